The summed E-state index contributed by atoms with van der Waals surface area (Å²) in [6.07, 6.45) is 14.2. The first-order valence-corrected chi connectivity index (χ1v) is 7.04. The van der Waals surface area contributed by atoms with Crippen LogP contribution in [-0.2, 0) is 0 Å². The van der Waals surface area contributed by atoms with Crippen molar-refractivity contribution < 1.29 is 0 Å². The molecule has 0 bridgehead atoms. The molecule has 2 aliphatic rings. The molecule has 0 radical (unpaired) electrons. The Morgan fingerprint density at radius 1 is 1.00 bits per heavy atom. The molecule has 0 N–H and O–H groups in total. The molecule has 0 spiro atoms. The molecule has 0 heterocycles. The Hall–Kier alpha value is -0.260. The van der Waals surface area contributed by atoms with Crippen molar-refractivity contribution in [3.05, 3.63) is 11.6 Å². The van der Waals surface area contributed by atoms with Crippen LogP contribution in [-0.4, -0.2) is 0 Å². The fourth-order valence-corrected chi connectivity index (χ4v) is 3.43. The van der Waals surface area contributed by atoms with Gasteiger partial charge in [0.15, 0.2) is 0 Å². The van der Waals surface area contributed by atoms with Crippen LogP contribution in [0.4, 0.5) is 0 Å². The topological polar surface area (TPSA) is 0 Å². The Bertz CT molecular complexity index is 218. The molecule has 2 rings (SSSR count). The average molecular weight is 206 g/mol. The molecular formula is C15H26. The largest absolute Gasteiger partial charge is 0.0819 e. The summed E-state index contributed by atoms with van der Waals surface area (Å²) in [5, 5.41) is 0. The highest BCUT2D eigenvalue weighted by molar-refractivity contribution is 5.15. The molecule has 0 amide bonds. The van der Waals surface area contributed by atoms with E-state index in [9.17, 15) is 0 Å². The second kappa shape index (κ2) is 5.18. The van der Waals surface area contributed by atoms with Crippen molar-refractivity contribution in [3.8, 4) is 0 Å². The molecule has 0 heteroatoms. The zero-order valence-corrected chi connectivity index (χ0v) is 10.5. The Kier molecular flexibility index (Phi) is 3.88. The standard InChI is InChI=1S/C15H26/c1-3-12-5-8-14(9-6-12)15-10-7-13(4-2)11-15/h11-14H,3-10H2,1-2H3. The summed E-state index contributed by atoms with van der Waals surface area (Å²) in [5.41, 5.74) is 1.83. The predicted molar refractivity (Wildman–Crippen MR) is 66.8 cm³/mol. The van der Waals surface area contributed by atoms with Gasteiger partial charge < -0.3 is 0 Å². The van der Waals surface area contributed by atoms with E-state index in [4.69, 9.17) is 0 Å². The smallest absolute Gasteiger partial charge is 0.0203 e. The SMILES string of the molecule is CCC1C=C(C2CCC(CC)CC2)CC1. The lowest BCUT2D eigenvalue weighted by atomic mass is 9.77. The van der Waals surface area contributed by atoms with Crippen LogP contribution in [0.5, 0.6) is 0 Å². The maximum Gasteiger partial charge on any atom is -0.0203 e. The molecule has 1 atom stereocenters. The lowest BCUT2D eigenvalue weighted by molar-refractivity contribution is 0.292. The number of allylic oxidation sites excluding steroid dienone is 2. The summed E-state index contributed by atoms with van der Waals surface area (Å²) in [7, 11) is 0. The van der Waals surface area contributed by atoms with Crippen molar-refractivity contribution in [2.75, 3.05) is 0 Å². The molecule has 1 saturated carbocycles. The van der Waals surface area contributed by atoms with Gasteiger partial charge in [-0.05, 0) is 62.7 Å². The van der Waals surface area contributed by atoms with Gasteiger partial charge in [0.25, 0.3) is 0 Å². The molecular weight excluding hydrogens is 180 g/mol. The third-order valence-electron chi connectivity index (χ3n) is 4.73. The van der Waals surface area contributed by atoms with Crippen LogP contribution in [0.1, 0.15) is 65.2 Å². The molecule has 0 aliphatic heterocycles. The Labute approximate surface area is 95.1 Å². The minimum atomic E-state index is 0.920. The van der Waals surface area contributed by atoms with E-state index in [1.165, 1.54) is 51.4 Å². The molecule has 86 valence electrons. The van der Waals surface area contributed by atoms with Gasteiger partial charge in [-0.25, -0.2) is 0 Å². The maximum atomic E-state index is 2.62. The summed E-state index contributed by atoms with van der Waals surface area (Å²) >= 11 is 0. The van der Waals surface area contributed by atoms with Gasteiger partial charge in [-0.15, -0.1) is 0 Å². The molecule has 0 aromatic rings. The average Bonchev–Trinajstić information content (AvgIpc) is 2.78. The number of hydrogen-bond donors (Lipinski definition) is 0. The molecule has 1 fully saturated rings. The minimum absolute atomic E-state index is 0.920. The van der Waals surface area contributed by atoms with Crippen LogP contribution in [0, 0.1) is 17.8 Å². The van der Waals surface area contributed by atoms with Gasteiger partial charge >= 0.3 is 0 Å². The first-order chi connectivity index (χ1) is 7.33. The van der Waals surface area contributed by atoms with Gasteiger partial charge in [0.1, 0.15) is 0 Å². The van der Waals surface area contributed by atoms with E-state index in [0.717, 1.165) is 17.8 Å². The van der Waals surface area contributed by atoms with Crippen molar-refractivity contribution in [2.24, 2.45) is 17.8 Å². The maximum absolute atomic E-state index is 2.62. The van der Waals surface area contributed by atoms with Crippen molar-refractivity contribution >= 4 is 0 Å². The Morgan fingerprint density at radius 3 is 2.27 bits per heavy atom. The number of rotatable bonds is 3. The summed E-state index contributed by atoms with van der Waals surface area (Å²) in [5.74, 6) is 2.94. The third kappa shape index (κ3) is 2.65. The predicted octanol–water partition coefficient (Wildman–Crippen LogP) is 4.95. The highest BCUT2D eigenvalue weighted by Crippen LogP contribution is 2.40. The lowest BCUT2D eigenvalue weighted by Gasteiger charge is -2.28. The van der Waals surface area contributed by atoms with Crippen molar-refractivity contribution in [1.82, 2.24) is 0 Å². The second-order valence-corrected chi connectivity index (χ2v) is 5.57. The molecule has 1 unspecified atom stereocenters. The fraction of sp³-hybridized carbons (Fsp3) is 0.867. The van der Waals surface area contributed by atoms with E-state index in [2.05, 4.69) is 19.9 Å². The van der Waals surface area contributed by atoms with Crippen LogP contribution in [0.2, 0.25) is 0 Å². The summed E-state index contributed by atoms with van der Waals surface area (Å²) in [6, 6.07) is 0. The first-order valence-electron chi connectivity index (χ1n) is 7.04. The van der Waals surface area contributed by atoms with E-state index in [0.29, 0.717) is 0 Å². The van der Waals surface area contributed by atoms with Crippen LogP contribution in [0.25, 0.3) is 0 Å². The van der Waals surface area contributed by atoms with Crippen molar-refractivity contribution in [1.29, 1.82) is 0 Å². The van der Waals surface area contributed by atoms with Gasteiger partial charge in [-0.2, -0.15) is 0 Å². The van der Waals surface area contributed by atoms with Crippen molar-refractivity contribution in [3.63, 3.8) is 0 Å². The Morgan fingerprint density at radius 2 is 1.73 bits per heavy atom. The zero-order valence-electron chi connectivity index (χ0n) is 10.5. The molecule has 15 heavy (non-hydrogen) atoms. The van der Waals surface area contributed by atoms with Crippen LogP contribution in [0.15, 0.2) is 11.6 Å². The summed E-state index contributed by atoms with van der Waals surface area (Å²) in [4.78, 5) is 0. The van der Waals surface area contributed by atoms with Gasteiger partial charge in [0.2, 0.25) is 0 Å². The van der Waals surface area contributed by atoms with Gasteiger partial charge in [0, 0.05) is 0 Å². The lowest BCUT2D eigenvalue weighted by Crippen LogP contribution is -2.15. The molecule has 0 aromatic heterocycles. The van der Waals surface area contributed by atoms with E-state index < -0.39 is 0 Å². The van der Waals surface area contributed by atoms with Gasteiger partial charge in [-0.1, -0.05) is 31.9 Å². The first kappa shape index (κ1) is 11.2. The van der Waals surface area contributed by atoms with E-state index in [1.807, 2.05) is 5.57 Å². The fourth-order valence-electron chi connectivity index (χ4n) is 3.43. The quantitative estimate of drug-likeness (QED) is 0.573. The highest BCUT2D eigenvalue weighted by atomic mass is 14.3. The van der Waals surface area contributed by atoms with Crippen LogP contribution < -0.4 is 0 Å². The highest BCUT2D eigenvalue weighted by Gasteiger charge is 2.25. The van der Waals surface area contributed by atoms with Crippen molar-refractivity contribution in [2.45, 2.75) is 65.2 Å². The van der Waals surface area contributed by atoms with E-state index in [-0.39, 0.29) is 0 Å². The van der Waals surface area contributed by atoms with Gasteiger partial charge in [0.05, 0.1) is 0 Å². The molecule has 0 nitrogen and oxygen atoms in total. The molecule has 2 aliphatic carbocycles. The number of hydrogen-bond acceptors (Lipinski definition) is 0. The minimum Gasteiger partial charge on any atom is -0.0819 e. The monoisotopic (exact) mass is 206 g/mol. The molecule has 0 aromatic carbocycles. The Balaban J connectivity index is 1.86. The zero-order chi connectivity index (χ0) is 10.7. The third-order valence-corrected chi connectivity index (χ3v) is 4.73. The van der Waals surface area contributed by atoms with Gasteiger partial charge in [-0.3, -0.25) is 0 Å². The van der Waals surface area contributed by atoms with Crippen LogP contribution >= 0.6 is 0 Å². The second-order valence-electron chi connectivity index (χ2n) is 5.57. The summed E-state index contributed by atoms with van der Waals surface area (Å²) < 4.78 is 0. The molecule has 0 saturated heterocycles. The normalized spacial score (nSPS) is 36.7. The van der Waals surface area contributed by atoms with E-state index in [1.54, 1.807) is 0 Å². The van der Waals surface area contributed by atoms with E-state index >= 15 is 0 Å². The summed E-state index contributed by atoms with van der Waals surface area (Å²) in [6.45, 7) is 4.69. The van der Waals surface area contributed by atoms with Crippen LogP contribution in [0.3, 0.4) is 0 Å².